The van der Waals surface area contributed by atoms with Gasteiger partial charge in [-0.15, -0.1) is 5.59 Å². The molecule has 0 fully saturated rings. The van der Waals surface area contributed by atoms with E-state index in [1.165, 1.54) is 7.11 Å². The van der Waals surface area contributed by atoms with E-state index in [-0.39, 0.29) is 12.5 Å². The van der Waals surface area contributed by atoms with Crippen LogP contribution in [0.5, 0.6) is 0 Å². The molecule has 0 aliphatic rings. The van der Waals surface area contributed by atoms with E-state index in [9.17, 15) is 4.79 Å². The third-order valence-corrected chi connectivity index (χ3v) is 0.478. The monoisotopic (exact) mass is 119 g/mol. The highest BCUT2D eigenvalue weighted by Gasteiger charge is 1.90. The molecule has 0 bridgehead atoms. The van der Waals surface area contributed by atoms with E-state index in [4.69, 9.17) is 5.73 Å². The standard InChI is InChI=1S/C3H9N3O2/c1-8-6-5-3(7)2-4/h6H,2,4H2,1H3,(H,5,7). The van der Waals surface area contributed by atoms with Crippen molar-refractivity contribution in [1.29, 1.82) is 0 Å². The fraction of sp³-hybridized carbons (Fsp3) is 0.667. The molecule has 0 atom stereocenters. The summed E-state index contributed by atoms with van der Waals surface area (Å²) in [4.78, 5) is 14.5. The molecule has 0 spiro atoms. The van der Waals surface area contributed by atoms with E-state index >= 15 is 0 Å². The lowest BCUT2D eigenvalue weighted by molar-refractivity contribution is -0.124. The van der Waals surface area contributed by atoms with Crippen LogP contribution in [0, 0.1) is 0 Å². The summed E-state index contributed by atoms with van der Waals surface area (Å²) in [7, 11) is 1.39. The van der Waals surface area contributed by atoms with Gasteiger partial charge in [-0.2, -0.15) is 0 Å². The summed E-state index contributed by atoms with van der Waals surface area (Å²) in [5.41, 5.74) is 9.17. The minimum absolute atomic E-state index is 0.0453. The summed E-state index contributed by atoms with van der Waals surface area (Å²) in [6.45, 7) is -0.0453. The normalized spacial score (nSPS) is 8.75. The summed E-state index contributed by atoms with van der Waals surface area (Å²) in [6.07, 6.45) is 0. The van der Waals surface area contributed by atoms with Gasteiger partial charge >= 0.3 is 0 Å². The minimum atomic E-state index is -0.313. The third kappa shape index (κ3) is 3.54. The smallest absolute Gasteiger partial charge is 0.249 e. The quantitative estimate of drug-likeness (QED) is 0.380. The first-order valence-electron chi connectivity index (χ1n) is 2.08. The van der Waals surface area contributed by atoms with Crippen molar-refractivity contribution in [2.75, 3.05) is 13.7 Å². The molecule has 0 aromatic carbocycles. The van der Waals surface area contributed by atoms with Gasteiger partial charge in [-0.1, -0.05) is 0 Å². The average Bonchev–Trinajstić information content (AvgIpc) is 1.83. The molecule has 0 unspecified atom stereocenters. The van der Waals surface area contributed by atoms with E-state index < -0.39 is 0 Å². The summed E-state index contributed by atoms with van der Waals surface area (Å²) in [5.74, 6) is -0.313. The van der Waals surface area contributed by atoms with Crippen LogP contribution in [0.4, 0.5) is 0 Å². The topological polar surface area (TPSA) is 76.4 Å². The molecule has 0 aliphatic heterocycles. The number of rotatable bonds is 3. The molecule has 0 aliphatic carbocycles. The minimum Gasteiger partial charge on any atom is -0.322 e. The average molecular weight is 119 g/mol. The van der Waals surface area contributed by atoms with Crippen molar-refractivity contribution in [2.24, 2.45) is 5.73 Å². The Kier molecular flexibility index (Phi) is 4.14. The molecule has 0 rings (SSSR count). The third-order valence-electron chi connectivity index (χ3n) is 0.478. The van der Waals surface area contributed by atoms with Gasteiger partial charge in [-0.3, -0.25) is 15.1 Å². The van der Waals surface area contributed by atoms with Crippen molar-refractivity contribution in [2.45, 2.75) is 0 Å². The number of hydrazine groups is 1. The molecule has 1 amide bonds. The Morgan fingerprint density at radius 3 is 2.88 bits per heavy atom. The van der Waals surface area contributed by atoms with Crippen molar-refractivity contribution >= 4 is 5.91 Å². The first-order valence-corrected chi connectivity index (χ1v) is 2.08. The van der Waals surface area contributed by atoms with E-state index in [1.54, 1.807) is 0 Å². The Balaban J connectivity index is 2.99. The first-order chi connectivity index (χ1) is 3.81. The number of hydrogen-bond acceptors (Lipinski definition) is 4. The van der Waals surface area contributed by atoms with Crippen molar-refractivity contribution in [3.8, 4) is 0 Å². The lowest BCUT2D eigenvalue weighted by Gasteiger charge is -1.99. The van der Waals surface area contributed by atoms with Gasteiger partial charge in [0.05, 0.1) is 13.7 Å². The Labute approximate surface area is 47.1 Å². The second kappa shape index (κ2) is 4.51. The largest absolute Gasteiger partial charge is 0.322 e. The zero-order valence-electron chi connectivity index (χ0n) is 4.60. The van der Waals surface area contributed by atoms with Gasteiger partial charge < -0.3 is 5.73 Å². The van der Waals surface area contributed by atoms with Crippen molar-refractivity contribution in [1.82, 2.24) is 11.0 Å². The Hall–Kier alpha value is -0.650. The summed E-state index contributed by atoms with van der Waals surface area (Å²) in [6, 6.07) is 0. The molecule has 0 saturated carbocycles. The lowest BCUT2D eigenvalue weighted by atomic mass is 10.6. The van der Waals surface area contributed by atoms with Crippen molar-refractivity contribution < 1.29 is 9.63 Å². The molecule has 0 heterocycles. The number of hydrogen-bond donors (Lipinski definition) is 3. The van der Waals surface area contributed by atoms with Crippen LogP contribution in [0.2, 0.25) is 0 Å². The van der Waals surface area contributed by atoms with Crippen LogP contribution in [0.25, 0.3) is 0 Å². The van der Waals surface area contributed by atoms with Gasteiger partial charge in [0.15, 0.2) is 0 Å². The van der Waals surface area contributed by atoms with Gasteiger partial charge in [0, 0.05) is 0 Å². The van der Waals surface area contributed by atoms with Crippen LogP contribution >= 0.6 is 0 Å². The zero-order valence-corrected chi connectivity index (χ0v) is 4.60. The molecule has 5 heteroatoms. The molecule has 4 N–H and O–H groups in total. The highest BCUT2D eigenvalue weighted by atomic mass is 16.7. The molecule has 0 aromatic rings. The Morgan fingerprint density at radius 1 is 1.88 bits per heavy atom. The molecule has 5 nitrogen and oxygen atoms in total. The maximum absolute atomic E-state index is 10.2. The van der Waals surface area contributed by atoms with Gasteiger partial charge in [-0.05, 0) is 0 Å². The molecular weight excluding hydrogens is 110 g/mol. The number of amides is 1. The lowest BCUT2D eigenvalue weighted by Crippen LogP contribution is -2.40. The summed E-state index contributed by atoms with van der Waals surface area (Å²) in [5, 5.41) is 0. The predicted molar refractivity (Wildman–Crippen MR) is 27.3 cm³/mol. The van der Waals surface area contributed by atoms with E-state index in [0.29, 0.717) is 0 Å². The number of nitrogens with two attached hydrogens (primary N) is 1. The van der Waals surface area contributed by atoms with Crippen LogP contribution in [-0.2, 0) is 9.63 Å². The van der Waals surface area contributed by atoms with Crippen molar-refractivity contribution in [3.05, 3.63) is 0 Å². The predicted octanol–water partition coefficient (Wildman–Crippen LogP) is -1.87. The zero-order chi connectivity index (χ0) is 6.41. The highest BCUT2D eigenvalue weighted by molar-refractivity contribution is 5.77. The molecule has 0 saturated heterocycles. The molecule has 48 valence electrons. The Morgan fingerprint density at radius 2 is 2.50 bits per heavy atom. The second-order valence-electron chi connectivity index (χ2n) is 1.06. The van der Waals surface area contributed by atoms with Crippen LogP contribution in [0.15, 0.2) is 0 Å². The SMILES string of the molecule is CONNC(=O)CN. The van der Waals surface area contributed by atoms with Crippen LogP contribution in [0.1, 0.15) is 0 Å². The number of carbonyl (C=O) groups excluding carboxylic acids is 1. The Bertz CT molecular complexity index is 74.9. The second-order valence-corrected chi connectivity index (χ2v) is 1.06. The fourth-order valence-corrected chi connectivity index (χ4v) is 0.159. The van der Waals surface area contributed by atoms with Crippen molar-refractivity contribution in [3.63, 3.8) is 0 Å². The first kappa shape index (κ1) is 7.35. The maximum atomic E-state index is 10.2. The molecule has 0 aromatic heterocycles. The maximum Gasteiger partial charge on any atom is 0.249 e. The van der Waals surface area contributed by atoms with Crippen LogP contribution < -0.4 is 16.7 Å². The fourth-order valence-electron chi connectivity index (χ4n) is 0.159. The van der Waals surface area contributed by atoms with Gasteiger partial charge in [-0.25, -0.2) is 0 Å². The summed E-state index contributed by atoms with van der Waals surface area (Å²) >= 11 is 0. The number of carbonyl (C=O) groups is 1. The highest BCUT2D eigenvalue weighted by Crippen LogP contribution is 1.51. The number of nitrogens with one attached hydrogen (secondary N) is 2. The van der Waals surface area contributed by atoms with Crippen LogP contribution in [-0.4, -0.2) is 19.6 Å². The van der Waals surface area contributed by atoms with E-state index in [2.05, 4.69) is 15.9 Å². The van der Waals surface area contributed by atoms with E-state index in [0.717, 1.165) is 0 Å². The van der Waals surface area contributed by atoms with E-state index in [1.807, 2.05) is 0 Å². The molecule has 8 heavy (non-hydrogen) atoms. The molecular formula is C3H9N3O2. The van der Waals surface area contributed by atoms with Gasteiger partial charge in [0.1, 0.15) is 0 Å². The van der Waals surface area contributed by atoms with Crippen LogP contribution in [0.3, 0.4) is 0 Å². The van der Waals surface area contributed by atoms with Gasteiger partial charge in [0.2, 0.25) is 5.91 Å². The molecule has 0 radical (unpaired) electrons. The summed E-state index contributed by atoms with van der Waals surface area (Å²) < 4.78 is 0. The van der Waals surface area contributed by atoms with Gasteiger partial charge in [0.25, 0.3) is 0 Å².